The van der Waals surface area contributed by atoms with Gasteiger partial charge in [0.05, 0.1) is 0 Å². The van der Waals surface area contributed by atoms with Gasteiger partial charge in [0.2, 0.25) is 0 Å². The quantitative estimate of drug-likeness (QED) is 0.780. The van der Waals surface area contributed by atoms with Gasteiger partial charge in [-0.15, -0.1) is 0 Å². The summed E-state index contributed by atoms with van der Waals surface area (Å²) < 4.78 is 0. The van der Waals surface area contributed by atoms with Crippen LogP contribution in [-0.4, -0.2) is 23.5 Å². The zero-order chi connectivity index (χ0) is 15.5. The zero-order valence-electron chi connectivity index (χ0n) is 13.2. The predicted molar refractivity (Wildman–Crippen MR) is 86.2 cm³/mol. The summed E-state index contributed by atoms with van der Waals surface area (Å²) in [6, 6.07) is 0.261. The van der Waals surface area contributed by atoms with Crippen LogP contribution >= 0.6 is 11.3 Å². The highest BCUT2D eigenvalue weighted by Crippen LogP contribution is 2.27. The van der Waals surface area contributed by atoms with Gasteiger partial charge in [0.25, 0.3) is 5.91 Å². The number of carbonyl (C=O) groups excluding carboxylic acids is 1. The van der Waals surface area contributed by atoms with Crippen LogP contribution in [0.25, 0.3) is 0 Å². The first-order valence-electron chi connectivity index (χ1n) is 6.92. The molecule has 20 heavy (non-hydrogen) atoms. The SMILES string of the molecule is CC(C)Nc1nc(N)c(C(=O)NCC(C)C(C)(C)C)s1. The molecule has 1 heterocycles. The van der Waals surface area contributed by atoms with E-state index in [9.17, 15) is 4.79 Å². The number of nitrogens with zero attached hydrogens (tertiary/aromatic N) is 1. The lowest BCUT2D eigenvalue weighted by Crippen LogP contribution is -2.33. The third-order valence-corrected chi connectivity index (χ3v) is 4.32. The van der Waals surface area contributed by atoms with Crippen molar-refractivity contribution in [2.24, 2.45) is 11.3 Å². The van der Waals surface area contributed by atoms with Crippen LogP contribution in [0, 0.1) is 11.3 Å². The maximum atomic E-state index is 12.1. The number of rotatable bonds is 5. The maximum absolute atomic E-state index is 12.1. The van der Waals surface area contributed by atoms with E-state index >= 15 is 0 Å². The molecule has 0 aliphatic carbocycles. The standard InChI is InChI=1S/C14H26N4OS/c1-8(2)17-13-18-11(15)10(20-13)12(19)16-7-9(3)14(4,5)6/h8-9H,7,15H2,1-6H3,(H,16,19)(H,17,18). The molecule has 1 unspecified atom stereocenters. The second-order valence-electron chi connectivity index (χ2n) is 6.51. The summed E-state index contributed by atoms with van der Waals surface area (Å²) in [7, 11) is 0. The Balaban J connectivity index is 2.66. The number of nitrogen functional groups attached to an aromatic ring is 1. The van der Waals surface area contributed by atoms with Crippen LogP contribution in [0.3, 0.4) is 0 Å². The highest BCUT2D eigenvalue weighted by atomic mass is 32.1. The molecule has 0 saturated carbocycles. The zero-order valence-corrected chi connectivity index (χ0v) is 14.0. The van der Waals surface area contributed by atoms with Crippen molar-refractivity contribution < 1.29 is 4.79 Å². The van der Waals surface area contributed by atoms with Gasteiger partial charge in [-0.3, -0.25) is 4.79 Å². The van der Waals surface area contributed by atoms with E-state index in [1.807, 2.05) is 13.8 Å². The van der Waals surface area contributed by atoms with E-state index < -0.39 is 0 Å². The van der Waals surface area contributed by atoms with Gasteiger partial charge >= 0.3 is 0 Å². The highest BCUT2D eigenvalue weighted by Gasteiger charge is 2.22. The van der Waals surface area contributed by atoms with E-state index in [1.54, 1.807) is 0 Å². The minimum Gasteiger partial charge on any atom is -0.382 e. The van der Waals surface area contributed by atoms with Crippen LogP contribution in [0.15, 0.2) is 0 Å². The molecule has 1 amide bonds. The minimum atomic E-state index is -0.145. The van der Waals surface area contributed by atoms with Crippen molar-refractivity contribution in [3.63, 3.8) is 0 Å². The van der Waals surface area contributed by atoms with Crippen LogP contribution in [0.1, 0.15) is 51.2 Å². The Bertz CT molecular complexity index is 462. The fourth-order valence-corrected chi connectivity index (χ4v) is 2.38. The van der Waals surface area contributed by atoms with Crippen LogP contribution in [0.2, 0.25) is 0 Å². The van der Waals surface area contributed by atoms with Gasteiger partial charge in [-0.25, -0.2) is 4.98 Å². The molecule has 0 spiro atoms. The van der Waals surface area contributed by atoms with E-state index in [4.69, 9.17) is 5.73 Å². The number of nitrogens with one attached hydrogen (secondary N) is 2. The molecule has 0 fully saturated rings. The van der Waals surface area contributed by atoms with E-state index in [1.165, 1.54) is 11.3 Å². The maximum Gasteiger partial charge on any atom is 0.265 e. The third-order valence-electron chi connectivity index (χ3n) is 3.32. The number of thiazole rings is 1. The van der Waals surface area contributed by atoms with Gasteiger partial charge in [-0.05, 0) is 25.2 Å². The van der Waals surface area contributed by atoms with Crippen molar-refractivity contribution in [1.82, 2.24) is 10.3 Å². The number of aromatic nitrogens is 1. The topological polar surface area (TPSA) is 80.0 Å². The van der Waals surface area contributed by atoms with E-state index in [-0.39, 0.29) is 17.4 Å². The Labute approximate surface area is 125 Å². The van der Waals surface area contributed by atoms with Gasteiger partial charge in [0.1, 0.15) is 10.7 Å². The Morgan fingerprint density at radius 1 is 1.35 bits per heavy atom. The molecule has 5 nitrogen and oxygen atoms in total. The van der Waals surface area contributed by atoms with E-state index in [2.05, 4.69) is 43.3 Å². The van der Waals surface area contributed by atoms with Crippen molar-refractivity contribution in [3.8, 4) is 0 Å². The Hall–Kier alpha value is -1.30. The molecule has 1 aromatic rings. The summed E-state index contributed by atoms with van der Waals surface area (Å²) >= 11 is 1.30. The molecule has 0 aliphatic heterocycles. The first kappa shape index (κ1) is 16.8. The molecular weight excluding hydrogens is 272 g/mol. The van der Waals surface area contributed by atoms with Crippen LogP contribution in [0.4, 0.5) is 10.9 Å². The summed E-state index contributed by atoms with van der Waals surface area (Å²) in [6.07, 6.45) is 0. The first-order chi connectivity index (χ1) is 9.11. The molecule has 114 valence electrons. The van der Waals surface area contributed by atoms with Gasteiger partial charge in [-0.2, -0.15) is 0 Å². The summed E-state index contributed by atoms with van der Waals surface area (Å²) in [6.45, 7) is 13.3. The smallest absolute Gasteiger partial charge is 0.265 e. The van der Waals surface area contributed by atoms with Crippen molar-refractivity contribution in [1.29, 1.82) is 0 Å². The van der Waals surface area contributed by atoms with E-state index in [0.29, 0.717) is 28.3 Å². The fourth-order valence-electron chi connectivity index (χ4n) is 1.44. The average Bonchev–Trinajstić information content (AvgIpc) is 2.64. The Morgan fingerprint density at radius 2 is 1.95 bits per heavy atom. The second-order valence-corrected chi connectivity index (χ2v) is 7.51. The van der Waals surface area contributed by atoms with Gasteiger partial charge in [0.15, 0.2) is 5.13 Å². The molecule has 0 bridgehead atoms. The molecule has 0 aliphatic rings. The normalized spacial score (nSPS) is 13.3. The van der Waals surface area contributed by atoms with Gasteiger partial charge < -0.3 is 16.4 Å². The number of carbonyl (C=O) groups is 1. The number of hydrogen-bond donors (Lipinski definition) is 3. The fraction of sp³-hybridized carbons (Fsp3) is 0.714. The molecule has 0 radical (unpaired) electrons. The monoisotopic (exact) mass is 298 g/mol. The van der Waals surface area contributed by atoms with Crippen molar-refractivity contribution in [3.05, 3.63) is 4.88 Å². The third kappa shape index (κ3) is 4.67. The molecule has 0 saturated heterocycles. The summed E-state index contributed by atoms with van der Waals surface area (Å²) in [5.74, 6) is 0.529. The molecule has 1 atom stereocenters. The lowest BCUT2D eigenvalue weighted by molar-refractivity contribution is 0.0942. The number of hydrogen-bond acceptors (Lipinski definition) is 5. The molecule has 4 N–H and O–H groups in total. The minimum absolute atomic E-state index is 0.145. The number of amides is 1. The lowest BCUT2D eigenvalue weighted by atomic mass is 9.82. The predicted octanol–water partition coefficient (Wildman–Crippen LogP) is 2.96. The largest absolute Gasteiger partial charge is 0.382 e. The molecule has 1 aromatic heterocycles. The number of anilines is 2. The van der Waals surface area contributed by atoms with Crippen LogP contribution in [0.5, 0.6) is 0 Å². The summed E-state index contributed by atoms with van der Waals surface area (Å²) in [5, 5.41) is 6.78. The van der Waals surface area contributed by atoms with Crippen LogP contribution < -0.4 is 16.4 Å². The molecular formula is C14H26N4OS. The Morgan fingerprint density at radius 3 is 2.45 bits per heavy atom. The summed E-state index contributed by atoms with van der Waals surface area (Å²) in [5.41, 5.74) is 5.97. The summed E-state index contributed by atoms with van der Waals surface area (Å²) in [4.78, 5) is 16.8. The molecule has 0 aromatic carbocycles. The lowest BCUT2D eigenvalue weighted by Gasteiger charge is -2.27. The van der Waals surface area contributed by atoms with E-state index in [0.717, 1.165) is 0 Å². The van der Waals surface area contributed by atoms with Gasteiger partial charge in [0, 0.05) is 12.6 Å². The van der Waals surface area contributed by atoms with Gasteiger partial charge in [-0.1, -0.05) is 39.0 Å². The second kappa shape index (κ2) is 6.43. The number of nitrogens with two attached hydrogens (primary N) is 1. The molecule has 1 rings (SSSR count). The van der Waals surface area contributed by atoms with Crippen molar-refractivity contribution in [2.75, 3.05) is 17.6 Å². The Kier molecular flexibility index (Phi) is 5.39. The van der Waals surface area contributed by atoms with Crippen molar-refractivity contribution >= 4 is 28.2 Å². The van der Waals surface area contributed by atoms with Crippen molar-refractivity contribution in [2.45, 2.75) is 47.6 Å². The average molecular weight is 298 g/mol. The van der Waals surface area contributed by atoms with Crippen LogP contribution in [-0.2, 0) is 0 Å². The first-order valence-corrected chi connectivity index (χ1v) is 7.74. The highest BCUT2D eigenvalue weighted by molar-refractivity contribution is 7.18. The molecule has 6 heteroatoms.